The van der Waals surface area contributed by atoms with Crippen molar-refractivity contribution in [2.75, 3.05) is 11.6 Å². The van der Waals surface area contributed by atoms with Crippen LogP contribution in [0.3, 0.4) is 0 Å². The number of nitrogens with zero attached hydrogens (tertiary/aromatic N) is 3. The van der Waals surface area contributed by atoms with Crippen molar-refractivity contribution in [2.24, 2.45) is 0 Å². The molecule has 158 valence electrons. The zero-order valence-corrected chi connectivity index (χ0v) is 18.6. The van der Waals surface area contributed by atoms with Gasteiger partial charge in [0.05, 0.1) is 5.70 Å². The lowest BCUT2D eigenvalue weighted by molar-refractivity contribution is 0.223. The van der Waals surface area contributed by atoms with E-state index in [0.29, 0.717) is 0 Å². The van der Waals surface area contributed by atoms with E-state index in [1.807, 2.05) is 35.2 Å². The summed E-state index contributed by atoms with van der Waals surface area (Å²) in [6.07, 6.45) is 1.76. The van der Waals surface area contributed by atoms with Gasteiger partial charge in [-0.25, -0.2) is 4.68 Å². The SMILES string of the molecule is CSc1nc2n(n1)[C@@H](c1ccc(C)cc1)C1=C(N2)c2ccccc2O[C@H]1c1ccccc1. The molecule has 0 spiro atoms. The van der Waals surface area contributed by atoms with Crippen LogP contribution in [0.2, 0.25) is 0 Å². The Morgan fingerprint density at radius 1 is 0.906 bits per heavy atom. The van der Waals surface area contributed by atoms with E-state index in [-0.39, 0.29) is 12.1 Å². The molecule has 0 aliphatic carbocycles. The van der Waals surface area contributed by atoms with Crippen molar-refractivity contribution >= 4 is 23.4 Å². The number of aryl methyl sites for hydroxylation is 1. The van der Waals surface area contributed by atoms with Crippen molar-refractivity contribution in [1.29, 1.82) is 0 Å². The van der Waals surface area contributed by atoms with Gasteiger partial charge in [-0.1, -0.05) is 84.1 Å². The largest absolute Gasteiger partial charge is 0.480 e. The third-order valence-corrected chi connectivity index (χ3v) is 6.58. The number of para-hydroxylation sites is 1. The van der Waals surface area contributed by atoms with E-state index in [2.05, 4.69) is 66.8 Å². The van der Waals surface area contributed by atoms with Crippen molar-refractivity contribution in [3.63, 3.8) is 0 Å². The highest BCUT2D eigenvalue weighted by molar-refractivity contribution is 7.98. The molecule has 1 N–H and O–H groups in total. The van der Waals surface area contributed by atoms with Crippen molar-refractivity contribution in [1.82, 2.24) is 14.8 Å². The first-order chi connectivity index (χ1) is 15.7. The summed E-state index contributed by atoms with van der Waals surface area (Å²) >= 11 is 1.55. The molecular weight excluding hydrogens is 416 g/mol. The monoisotopic (exact) mass is 438 g/mol. The van der Waals surface area contributed by atoms with Gasteiger partial charge in [-0.3, -0.25) is 0 Å². The Kier molecular flexibility index (Phi) is 4.54. The van der Waals surface area contributed by atoms with Gasteiger partial charge in [-0.15, -0.1) is 5.10 Å². The van der Waals surface area contributed by atoms with E-state index >= 15 is 0 Å². The summed E-state index contributed by atoms with van der Waals surface area (Å²) in [6.45, 7) is 2.11. The smallest absolute Gasteiger partial charge is 0.227 e. The third-order valence-electron chi connectivity index (χ3n) is 6.04. The first kappa shape index (κ1) is 19.2. The number of hydrogen-bond donors (Lipinski definition) is 1. The number of ether oxygens (including phenoxy) is 1. The Morgan fingerprint density at radius 2 is 1.66 bits per heavy atom. The zero-order valence-electron chi connectivity index (χ0n) is 17.8. The summed E-state index contributed by atoms with van der Waals surface area (Å²) < 4.78 is 8.65. The van der Waals surface area contributed by atoms with Gasteiger partial charge >= 0.3 is 0 Å². The highest BCUT2D eigenvalue weighted by Crippen LogP contribution is 2.50. The highest BCUT2D eigenvalue weighted by atomic mass is 32.2. The first-order valence-electron chi connectivity index (χ1n) is 10.6. The maximum Gasteiger partial charge on any atom is 0.227 e. The molecule has 32 heavy (non-hydrogen) atoms. The van der Waals surface area contributed by atoms with Crippen molar-refractivity contribution in [2.45, 2.75) is 24.2 Å². The maximum absolute atomic E-state index is 6.65. The molecule has 0 amide bonds. The first-order valence-corrected chi connectivity index (χ1v) is 11.8. The Labute approximate surface area is 191 Å². The molecule has 4 aromatic rings. The van der Waals surface area contributed by atoms with E-state index in [9.17, 15) is 0 Å². The zero-order chi connectivity index (χ0) is 21.7. The molecule has 5 nitrogen and oxygen atoms in total. The number of hydrogen-bond acceptors (Lipinski definition) is 5. The minimum absolute atomic E-state index is 0.131. The van der Waals surface area contributed by atoms with E-state index in [4.69, 9.17) is 14.8 Å². The second-order valence-corrected chi connectivity index (χ2v) is 8.81. The van der Waals surface area contributed by atoms with Crippen LogP contribution >= 0.6 is 11.8 Å². The van der Waals surface area contributed by atoms with Crippen molar-refractivity contribution in [3.8, 4) is 5.75 Å². The molecule has 0 saturated heterocycles. The van der Waals surface area contributed by atoms with Gasteiger partial charge in [-0.2, -0.15) is 4.98 Å². The second kappa shape index (κ2) is 7.57. The Hall–Kier alpha value is -3.51. The average Bonchev–Trinajstić information content (AvgIpc) is 3.26. The van der Waals surface area contributed by atoms with Crippen LogP contribution in [0.4, 0.5) is 5.95 Å². The van der Waals surface area contributed by atoms with Crippen LogP contribution < -0.4 is 10.1 Å². The molecule has 0 unspecified atom stereocenters. The average molecular weight is 439 g/mol. The molecular formula is C26H22N4OS. The van der Waals surface area contributed by atoms with Gasteiger partial charge in [0.15, 0.2) is 0 Å². The molecule has 2 atom stereocenters. The van der Waals surface area contributed by atoms with Crippen molar-refractivity contribution < 1.29 is 4.74 Å². The van der Waals surface area contributed by atoms with Crippen LogP contribution in [0.15, 0.2) is 89.6 Å². The Bertz CT molecular complexity index is 1330. The van der Waals surface area contributed by atoms with Crippen LogP contribution in [0, 0.1) is 6.92 Å². The number of aromatic nitrogens is 3. The number of fused-ring (bicyclic) bond motifs is 3. The number of anilines is 1. The third kappa shape index (κ3) is 3.02. The van der Waals surface area contributed by atoms with E-state index in [0.717, 1.165) is 44.8 Å². The summed E-state index contributed by atoms with van der Waals surface area (Å²) in [4.78, 5) is 4.75. The highest BCUT2D eigenvalue weighted by Gasteiger charge is 2.41. The number of thioether (sulfide) groups is 1. The molecule has 0 fully saturated rings. The Morgan fingerprint density at radius 3 is 2.44 bits per heavy atom. The number of benzene rings is 3. The molecule has 3 aromatic carbocycles. The Balaban J connectivity index is 1.63. The van der Waals surface area contributed by atoms with E-state index in [1.165, 1.54) is 5.56 Å². The van der Waals surface area contributed by atoms with Crippen LogP contribution in [0.5, 0.6) is 5.75 Å². The topological polar surface area (TPSA) is 52.0 Å². The predicted molar refractivity (Wildman–Crippen MR) is 128 cm³/mol. The van der Waals surface area contributed by atoms with E-state index in [1.54, 1.807) is 11.8 Å². The molecule has 1 aromatic heterocycles. The van der Waals surface area contributed by atoms with E-state index < -0.39 is 0 Å². The summed E-state index contributed by atoms with van der Waals surface area (Å²) in [6, 6.07) is 27.1. The molecule has 3 heterocycles. The fraction of sp³-hybridized carbons (Fsp3) is 0.154. The molecule has 0 saturated carbocycles. The van der Waals surface area contributed by atoms with Gasteiger partial charge in [0.1, 0.15) is 17.9 Å². The minimum Gasteiger partial charge on any atom is -0.480 e. The molecule has 2 aliphatic heterocycles. The van der Waals surface area contributed by atoms with Gasteiger partial charge in [0, 0.05) is 11.1 Å². The number of rotatable bonds is 3. The van der Waals surface area contributed by atoms with Crippen LogP contribution in [0.1, 0.15) is 34.4 Å². The van der Waals surface area contributed by atoms with Gasteiger partial charge < -0.3 is 10.1 Å². The van der Waals surface area contributed by atoms with Gasteiger partial charge in [0.25, 0.3) is 0 Å². The number of nitrogens with one attached hydrogen (secondary N) is 1. The standard InChI is InChI=1S/C26H22N4OS/c1-16-12-14-17(15-13-16)23-21-22(27-25-28-26(32-2)29-30(23)25)19-10-6-7-11-20(19)31-24(21)18-8-4-3-5-9-18/h3-15,23-24H,1-2H3,(H,27,28,29)/t23-,24-/m0/s1. The van der Waals surface area contributed by atoms with Gasteiger partial charge in [0.2, 0.25) is 11.1 Å². The van der Waals surface area contributed by atoms with Crippen LogP contribution in [-0.2, 0) is 0 Å². The van der Waals surface area contributed by atoms with Crippen LogP contribution in [-0.4, -0.2) is 21.0 Å². The van der Waals surface area contributed by atoms with Gasteiger partial charge in [-0.05, 0) is 36.4 Å². The molecule has 2 aliphatic rings. The molecule has 6 heteroatoms. The molecule has 6 rings (SSSR count). The normalized spacial score (nSPS) is 18.8. The van der Waals surface area contributed by atoms with Crippen molar-refractivity contribution in [3.05, 3.63) is 107 Å². The minimum atomic E-state index is -0.241. The molecule has 0 bridgehead atoms. The summed E-state index contributed by atoms with van der Waals surface area (Å²) in [5, 5.41) is 9.18. The maximum atomic E-state index is 6.65. The predicted octanol–water partition coefficient (Wildman–Crippen LogP) is 5.87. The fourth-order valence-corrected chi connectivity index (χ4v) is 4.86. The molecule has 0 radical (unpaired) electrons. The quantitative estimate of drug-likeness (QED) is 0.406. The fourth-order valence-electron chi connectivity index (χ4n) is 4.52. The van der Waals surface area contributed by atoms with Crippen LogP contribution in [0.25, 0.3) is 5.70 Å². The summed E-state index contributed by atoms with van der Waals surface area (Å²) in [5.41, 5.74) is 6.74. The summed E-state index contributed by atoms with van der Waals surface area (Å²) in [5.74, 6) is 1.62. The lowest BCUT2D eigenvalue weighted by atomic mass is 9.84. The summed E-state index contributed by atoms with van der Waals surface area (Å²) in [7, 11) is 0. The second-order valence-electron chi connectivity index (χ2n) is 8.04. The lowest BCUT2D eigenvalue weighted by Gasteiger charge is -2.38. The lowest BCUT2D eigenvalue weighted by Crippen LogP contribution is -2.32.